The number of nitrogens with one attached hydrogen (secondary N) is 4. The smallest absolute Gasteiger partial charge is 0.340 e. The second-order valence-electron chi connectivity index (χ2n) is 20.4. The molecule has 0 spiro atoms. The van der Waals surface area contributed by atoms with E-state index in [1.807, 2.05) is 21.2 Å². The molecule has 0 fully saturated rings. The first-order chi connectivity index (χ1) is 45.9. The second-order valence-corrected chi connectivity index (χ2v) is 20.8. The van der Waals surface area contributed by atoms with Crippen LogP contribution in [-0.4, -0.2) is 118 Å². The van der Waals surface area contributed by atoms with Gasteiger partial charge in [0.1, 0.15) is 52.4 Å². The van der Waals surface area contributed by atoms with Crippen molar-refractivity contribution < 1.29 is 17.6 Å². The highest BCUT2D eigenvalue weighted by molar-refractivity contribution is 6.28. The maximum atomic E-state index is 14.1. The molecule has 0 aliphatic carbocycles. The molecule has 16 aromatic rings. The second kappa shape index (κ2) is 27.7. The molecule has 16 rings (SSSR count). The van der Waals surface area contributed by atoms with Gasteiger partial charge in [-0.1, -0.05) is 80.2 Å². The normalized spacial score (nSPS) is 11.3. The van der Waals surface area contributed by atoms with Gasteiger partial charge >= 0.3 is 5.69 Å². The highest BCUT2D eigenvalue weighted by Crippen LogP contribution is 2.24. The first kappa shape index (κ1) is 62.3. The minimum Gasteiger partial charge on any atom is -0.380 e. The van der Waals surface area contributed by atoms with Crippen LogP contribution < -0.4 is 17.3 Å². The number of H-pyrrole nitrogens is 4. The Balaban J connectivity index is 0.000000121. The summed E-state index contributed by atoms with van der Waals surface area (Å²) in [5.74, 6) is 5.85. The monoisotopic (exact) mass is 1300 g/mol. The zero-order valence-electron chi connectivity index (χ0n) is 48.6. The van der Waals surface area contributed by atoms with E-state index < -0.39 is 5.69 Å². The molecule has 0 atom stereocenters. The molecular weight excluding hydrogens is 1250 g/mol. The highest BCUT2D eigenvalue weighted by Gasteiger charge is 2.19. The first-order valence-electron chi connectivity index (χ1n) is 28.3. The molecule has 0 saturated carbocycles. The van der Waals surface area contributed by atoms with E-state index in [1.165, 1.54) is 24.3 Å². The number of fused-ring (bicyclic) bond motifs is 4. The molecule has 32 heteroatoms. The lowest BCUT2D eigenvalue weighted by atomic mass is 10.1. The van der Waals surface area contributed by atoms with Crippen LogP contribution >= 0.6 is 11.6 Å². The predicted molar refractivity (Wildman–Crippen MR) is 342 cm³/mol. The van der Waals surface area contributed by atoms with Crippen molar-refractivity contribution in [2.75, 3.05) is 0 Å². The number of benzene rings is 4. The van der Waals surface area contributed by atoms with Crippen LogP contribution in [0.25, 0.3) is 63.1 Å². The fraction of sp³-hybridized carbons (Fsp3) is 0.0794. The predicted octanol–water partition coefficient (Wildman–Crippen LogP) is 8.54. The quantitative estimate of drug-likeness (QED) is 0.0207. The molecule has 12 heterocycles. The number of imidazole rings is 5. The van der Waals surface area contributed by atoms with Gasteiger partial charge in [-0.15, -0.1) is 5.10 Å². The van der Waals surface area contributed by atoms with E-state index in [4.69, 9.17) is 23.2 Å². The summed E-state index contributed by atoms with van der Waals surface area (Å²) in [6, 6.07) is 26.3. The Morgan fingerprint density at radius 2 is 0.916 bits per heavy atom. The van der Waals surface area contributed by atoms with Crippen LogP contribution in [0, 0.1) is 23.3 Å². The lowest BCUT2D eigenvalue weighted by Crippen LogP contribution is -2.19. The average molecular weight is 1300 g/mol. The Kier molecular flexibility index (Phi) is 18.1. The number of halogens is 5. The van der Waals surface area contributed by atoms with E-state index >= 15 is 0 Å². The zero-order valence-corrected chi connectivity index (χ0v) is 49.4. The molecule has 0 radical (unpaired) electrons. The Morgan fingerprint density at radius 3 is 1.33 bits per heavy atom. The van der Waals surface area contributed by atoms with Crippen molar-refractivity contribution in [2.24, 2.45) is 16.7 Å². The molecule has 0 aliphatic rings. The van der Waals surface area contributed by atoms with Gasteiger partial charge in [0.05, 0.1) is 22.8 Å². The van der Waals surface area contributed by atoms with E-state index in [0.717, 1.165) is 0 Å². The largest absolute Gasteiger partial charge is 0.380 e. The van der Waals surface area contributed by atoms with Crippen LogP contribution in [-0.2, 0) is 25.7 Å². The van der Waals surface area contributed by atoms with Crippen molar-refractivity contribution in [3.63, 3.8) is 0 Å². The van der Waals surface area contributed by atoms with Crippen molar-refractivity contribution in [1.29, 1.82) is 0 Å². The van der Waals surface area contributed by atoms with Gasteiger partial charge in [0, 0.05) is 112 Å². The third-order valence-corrected chi connectivity index (χ3v) is 14.5. The van der Waals surface area contributed by atoms with Crippen molar-refractivity contribution >= 4 is 40.0 Å². The van der Waals surface area contributed by atoms with Gasteiger partial charge in [0.2, 0.25) is 11.1 Å². The van der Waals surface area contributed by atoms with Crippen LogP contribution in [0.2, 0.25) is 5.28 Å². The van der Waals surface area contributed by atoms with E-state index in [9.17, 15) is 22.4 Å². The molecule has 27 nitrogen and oxygen atoms in total. The number of amidine groups is 1. The fourth-order valence-corrected chi connectivity index (χ4v) is 10.0. The van der Waals surface area contributed by atoms with Gasteiger partial charge in [-0.25, -0.2) is 77.4 Å². The van der Waals surface area contributed by atoms with E-state index in [0.29, 0.717) is 133 Å². The molecular formula is C63H51ClF4N26O. The number of nitrogens with two attached hydrogens (primary N) is 2. The number of rotatable bonds is 13. The summed E-state index contributed by atoms with van der Waals surface area (Å²) in [4.78, 5) is 61.5. The molecule has 0 saturated heterocycles. The summed E-state index contributed by atoms with van der Waals surface area (Å²) in [6.07, 6.45) is 27.0. The molecule has 0 bridgehead atoms. The maximum Gasteiger partial charge on any atom is 0.340 e. The Morgan fingerprint density at radius 1 is 0.484 bits per heavy atom. The first-order valence-corrected chi connectivity index (χ1v) is 28.7. The molecule has 95 heavy (non-hydrogen) atoms. The lowest BCUT2D eigenvalue weighted by molar-refractivity contribution is 0.613. The van der Waals surface area contributed by atoms with Crippen LogP contribution in [0.3, 0.4) is 0 Å². The summed E-state index contributed by atoms with van der Waals surface area (Å²) < 4.78 is 64.6. The number of hydrazone groups is 1. The summed E-state index contributed by atoms with van der Waals surface area (Å²) in [6.45, 7) is 0. The van der Waals surface area contributed by atoms with E-state index in [-0.39, 0.29) is 48.2 Å². The third kappa shape index (κ3) is 13.9. The molecule has 8 N–H and O–H groups in total. The Hall–Kier alpha value is -12.9. The summed E-state index contributed by atoms with van der Waals surface area (Å²) in [5.41, 5.74) is 14.6. The van der Waals surface area contributed by atoms with Crippen molar-refractivity contribution in [3.05, 3.63) is 280 Å². The van der Waals surface area contributed by atoms with Crippen LogP contribution in [0.15, 0.2) is 200 Å². The molecule has 474 valence electrons. The van der Waals surface area contributed by atoms with Gasteiger partial charge in [-0.05, 0) is 58.1 Å². The van der Waals surface area contributed by atoms with E-state index in [2.05, 4.69) is 95.5 Å². The molecule has 0 aliphatic heterocycles. The van der Waals surface area contributed by atoms with Gasteiger partial charge in [-0.3, -0.25) is 14.6 Å². The molecule has 4 aromatic carbocycles. The Labute approximate surface area is 538 Å². The minimum atomic E-state index is -0.414. The topological polar surface area (TPSA) is 348 Å². The number of hydrogen-bond acceptors (Lipinski definition) is 17. The van der Waals surface area contributed by atoms with Gasteiger partial charge in [-0.2, -0.15) is 25.3 Å². The minimum absolute atomic E-state index is 0. The van der Waals surface area contributed by atoms with Crippen LogP contribution in [0.1, 0.15) is 58.2 Å². The van der Waals surface area contributed by atoms with Crippen LogP contribution in [0.5, 0.6) is 0 Å². The highest BCUT2D eigenvalue weighted by atomic mass is 35.5. The summed E-state index contributed by atoms with van der Waals surface area (Å²) in [7, 11) is 0. The van der Waals surface area contributed by atoms with Crippen molar-refractivity contribution in [3.8, 4) is 40.5 Å². The zero-order chi connectivity index (χ0) is 64.7. The summed E-state index contributed by atoms with van der Waals surface area (Å²) >= 11 is 5.77. The Bertz CT molecular complexity index is 5410. The van der Waals surface area contributed by atoms with E-state index in [1.54, 1.807) is 167 Å². The number of hydrogen-bond donors (Lipinski definition) is 6. The number of aromatic amines is 4. The lowest BCUT2D eigenvalue weighted by Gasteiger charge is -2.07. The maximum absolute atomic E-state index is 14.1. The molecule has 0 unspecified atom stereocenters. The average Bonchev–Trinajstić information content (AvgIpc) is 1.78. The third-order valence-electron chi connectivity index (χ3n) is 14.3. The van der Waals surface area contributed by atoms with Gasteiger partial charge in [0.15, 0.2) is 40.1 Å². The van der Waals surface area contributed by atoms with Crippen LogP contribution in [0.4, 0.5) is 17.6 Å². The number of nitrogens with zero attached hydrogens (tertiary/aromatic N) is 20. The van der Waals surface area contributed by atoms with Crippen molar-refractivity contribution in [1.82, 2.24) is 113 Å². The number of aromatic nitrogens is 23. The van der Waals surface area contributed by atoms with Gasteiger partial charge < -0.3 is 29.2 Å². The standard InChI is InChI=1S/C18H13FN8.C15H10ClFN6.C15H11FN6O.C14H13FN6.CH4/c19-13-4-2-1-3-12(13)9-14-17-21-6-8-26(17)10-15(22-14)16-23-18(25-24-16)27-7-5-20-11-27;16-15-20-13(21-22-15)12-8-23-6-5-18-14(23)11(19-12)7-9-3-1-2-4-10(9)17;16-10-4-2-1-3-9(10)7-11-14-17-5-6-22(14)8-12(18-11)13-19-15(23)21-20-13;15-10-4-2-1-3-9(10)7-11-14-18-5-6-21(14)8-12(19-11)13(16)20-17;/h1-8,10-11H,9H2,(H,23,24,25);1-6,8H,7H2,(H,20,21,22);1-6,8H,7H2,(H2,19,20,21,23);1-6,8H,7,17H2,(H2,16,20);1H4. The molecule has 0 amide bonds. The SMILES string of the molecule is C.Fc1ccccc1Cc1nc(-c2n[nH]c(Cl)n2)cn2ccnc12.Fc1ccccc1Cc1nc(-c2nc(-n3ccnc3)n[nH]2)cn2ccnc12.NN=C(N)c1cn2ccnc2c(Cc2ccccc2F)n1.O=c1[nH]nc(-c2cn3ccnc3c(Cc3ccccc3F)n2)[nH]1. The van der Waals surface area contributed by atoms with Gasteiger partial charge in [0.25, 0.3) is 5.95 Å². The fourth-order valence-electron chi connectivity index (χ4n) is 9.88. The van der Waals surface area contributed by atoms with Crippen molar-refractivity contribution in [2.45, 2.75) is 33.1 Å². The molecule has 12 aromatic heterocycles. The summed E-state index contributed by atoms with van der Waals surface area (Å²) in [5, 5.41) is 23.5.